The van der Waals surface area contributed by atoms with E-state index in [1.165, 1.54) is 6.92 Å². The number of alkyl halides is 6. The fourth-order valence-electron chi connectivity index (χ4n) is 0.657. The van der Waals surface area contributed by atoms with Crippen LogP contribution in [0.3, 0.4) is 0 Å². The molecule has 0 aromatic carbocycles. The summed E-state index contributed by atoms with van der Waals surface area (Å²) in [4.78, 5) is 0. The molecule has 98 valence electrons. The van der Waals surface area contributed by atoms with Crippen LogP contribution in [0.25, 0.3) is 0 Å². The van der Waals surface area contributed by atoms with E-state index in [2.05, 4.69) is 26.9 Å². The van der Waals surface area contributed by atoms with Gasteiger partial charge in [0, 0.05) is 6.61 Å². The minimum absolute atomic E-state index is 0.168. The Bertz CT molecular complexity index is 234. The predicted octanol–water partition coefficient (Wildman–Crippen LogP) is 3.90. The second kappa shape index (κ2) is 5.32. The van der Waals surface area contributed by atoms with Gasteiger partial charge in [0.2, 0.25) is 0 Å². The van der Waals surface area contributed by atoms with Crippen LogP contribution in [0.5, 0.6) is 0 Å². The van der Waals surface area contributed by atoms with Gasteiger partial charge in [-0.25, -0.2) is 13.2 Å². The molecular weight excluding hydrogens is 301 g/mol. The van der Waals surface area contributed by atoms with Crippen molar-refractivity contribution >= 4 is 28.9 Å². The highest BCUT2D eigenvalue weighted by Gasteiger charge is 2.75. The van der Waals surface area contributed by atoms with Crippen molar-refractivity contribution in [2.75, 3.05) is 6.61 Å². The Kier molecular flexibility index (Phi) is 5.43. The van der Waals surface area contributed by atoms with Gasteiger partial charge in [0.1, 0.15) is 0 Å². The maximum atomic E-state index is 13.0. The van der Waals surface area contributed by atoms with Crippen LogP contribution >= 0.6 is 22.2 Å². The molecule has 0 amide bonds. The van der Waals surface area contributed by atoms with E-state index in [4.69, 9.17) is 0 Å². The Balaban J connectivity index is 4.89. The van der Waals surface area contributed by atoms with Crippen LogP contribution in [-0.2, 0) is 4.74 Å². The van der Waals surface area contributed by atoms with Crippen molar-refractivity contribution in [2.24, 2.45) is 0 Å². The largest absolute Gasteiger partial charge is 0.450 e. The van der Waals surface area contributed by atoms with Gasteiger partial charge in [0.15, 0.2) is 0 Å². The molecule has 0 aromatic heterocycles. The molecule has 0 fully saturated rings. The lowest BCUT2D eigenvalue weighted by atomic mass is 10.5. The summed E-state index contributed by atoms with van der Waals surface area (Å²) >= 11 is 9.17. The van der Waals surface area contributed by atoms with Crippen molar-refractivity contribution in [2.45, 2.75) is 31.0 Å². The molecule has 1 nitrogen and oxygen atoms in total. The summed E-state index contributed by atoms with van der Waals surface area (Å²) in [5, 5.41) is 0. The molecule has 0 spiro atoms. The van der Waals surface area contributed by atoms with Gasteiger partial charge in [-0.05, 0) is 6.42 Å². The Morgan fingerprint density at radius 1 is 1.19 bits per heavy atom. The van der Waals surface area contributed by atoms with Gasteiger partial charge in [0.05, 0.1) is 0 Å². The summed E-state index contributed by atoms with van der Waals surface area (Å²) in [6, 6.07) is 0. The second-order valence-corrected chi connectivity index (χ2v) is 9.25. The third kappa shape index (κ3) is 3.18. The average molecular weight is 309 g/mol. The topological polar surface area (TPSA) is 9.23 Å². The molecule has 0 aliphatic heterocycles. The fourth-order valence-corrected chi connectivity index (χ4v) is 1.92. The zero-order valence-electron chi connectivity index (χ0n) is 7.92. The first kappa shape index (κ1) is 16.3. The first-order valence-electron chi connectivity index (χ1n) is 4.06. The van der Waals surface area contributed by atoms with Crippen LogP contribution in [0.15, 0.2) is 0 Å². The molecular formula is C6H8Cl2F6OSi. The van der Waals surface area contributed by atoms with Crippen molar-refractivity contribution in [3.8, 4) is 0 Å². The van der Waals surface area contributed by atoms with Crippen LogP contribution in [0.1, 0.15) is 13.3 Å². The van der Waals surface area contributed by atoms with Crippen molar-refractivity contribution in [3.63, 3.8) is 0 Å². The molecule has 0 bridgehead atoms. The number of halogens is 8. The van der Waals surface area contributed by atoms with E-state index in [0.29, 0.717) is 0 Å². The molecule has 0 aliphatic carbocycles. The first-order chi connectivity index (χ1) is 6.98. The third-order valence-corrected chi connectivity index (χ3v) is 6.10. The highest BCUT2D eigenvalue weighted by Crippen LogP contribution is 2.48. The lowest BCUT2D eigenvalue weighted by Crippen LogP contribution is -2.60. The molecule has 10 heteroatoms. The normalized spacial score (nSPS) is 16.3. The Morgan fingerprint density at radius 2 is 1.62 bits per heavy atom. The maximum absolute atomic E-state index is 13.0. The molecule has 0 rings (SSSR count). The van der Waals surface area contributed by atoms with Crippen molar-refractivity contribution < 1.29 is 31.1 Å². The van der Waals surface area contributed by atoms with Crippen molar-refractivity contribution in [1.29, 1.82) is 0 Å². The number of ether oxygens (including phenoxy) is 1. The summed E-state index contributed by atoms with van der Waals surface area (Å²) < 4.78 is 79.0. The van der Waals surface area contributed by atoms with E-state index in [1.54, 1.807) is 0 Å². The zero-order chi connectivity index (χ0) is 13.2. The van der Waals surface area contributed by atoms with Crippen LogP contribution in [-0.4, -0.2) is 31.0 Å². The second-order valence-electron chi connectivity index (χ2n) is 2.88. The van der Waals surface area contributed by atoms with Crippen LogP contribution < -0.4 is 0 Å². The third-order valence-electron chi connectivity index (χ3n) is 1.53. The van der Waals surface area contributed by atoms with Gasteiger partial charge < -0.3 is 4.74 Å². The molecule has 0 heterocycles. The SMILES string of the molecule is CCCOC(F)C(F)(F)[Si](Cl)(Cl)C(F)(F)F. The molecule has 16 heavy (non-hydrogen) atoms. The van der Waals surface area contributed by atoms with Gasteiger partial charge in [-0.3, -0.25) is 0 Å². The zero-order valence-corrected chi connectivity index (χ0v) is 10.4. The average Bonchev–Trinajstić information content (AvgIpc) is 2.11. The summed E-state index contributed by atoms with van der Waals surface area (Å²) in [7, 11) is 0. The number of rotatable bonds is 5. The molecule has 0 aromatic rings. The van der Waals surface area contributed by atoms with Gasteiger partial charge in [-0.1, -0.05) is 6.92 Å². The highest BCUT2D eigenvalue weighted by atomic mass is 35.7. The van der Waals surface area contributed by atoms with Crippen molar-refractivity contribution in [3.05, 3.63) is 0 Å². The lowest BCUT2D eigenvalue weighted by molar-refractivity contribution is -0.167. The minimum Gasteiger partial charge on any atom is -0.344 e. The minimum atomic E-state index is -6.13. The fraction of sp³-hybridized carbons (Fsp3) is 1.00. The van der Waals surface area contributed by atoms with Crippen molar-refractivity contribution in [1.82, 2.24) is 0 Å². The smallest absolute Gasteiger partial charge is 0.344 e. The van der Waals surface area contributed by atoms with E-state index < -0.39 is 31.0 Å². The van der Waals surface area contributed by atoms with E-state index >= 15 is 0 Å². The standard InChI is InChI=1S/C6H8Cl2F6OSi/c1-2-3-15-4(9)5(10,11)16(7,8)6(12,13)14/h4H,2-3H2,1H3. The number of hydrogen-bond acceptors (Lipinski definition) is 1. The predicted molar refractivity (Wildman–Crippen MR) is 49.6 cm³/mol. The molecule has 0 saturated heterocycles. The van der Waals surface area contributed by atoms with E-state index in [0.717, 1.165) is 0 Å². The maximum Gasteiger partial charge on any atom is 0.450 e. The van der Waals surface area contributed by atoms with Gasteiger partial charge in [-0.15, -0.1) is 22.2 Å². The quantitative estimate of drug-likeness (QED) is 0.425. The molecule has 1 unspecified atom stereocenters. The van der Waals surface area contributed by atoms with Crippen LogP contribution in [0.4, 0.5) is 26.3 Å². The van der Waals surface area contributed by atoms with Gasteiger partial charge in [-0.2, -0.15) is 13.2 Å². The van der Waals surface area contributed by atoms with E-state index in [-0.39, 0.29) is 6.42 Å². The Hall–Kier alpha value is 0.337. The van der Waals surface area contributed by atoms with E-state index in [9.17, 15) is 26.3 Å². The highest BCUT2D eigenvalue weighted by molar-refractivity contribution is 7.47. The van der Waals surface area contributed by atoms with Crippen LogP contribution in [0.2, 0.25) is 0 Å². The summed E-state index contributed by atoms with van der Waals surface area (Å²) in [6.45, 7) is -5.11. The molecule has 0 saturated carbocycles. The monoisotopic (exact) mass is 308 g/mol. The van der Waals surface area contributed by atoms with Crippen LogP contribution in [0, 0.1) is 0 Å². The molecule has 0 N–H and O–H groups in total. The molecule has 0 aliphatic rings. The summed E-state index contributed by atoms with van der Waals surface area (Å²) in [5.41, 5.74) is -4.95. The summed E-state index contributed by atoms with van der Waals surface area (Å²) in [5.74, 6) is -5.54. The van der Waals surface area contributed by atoms with Gasteiger partial charge >= 0.3 is 18.0 Å². The first-order valence-corrected chi connectivity index (χ1v) is 8.08. The Morgan fingerprint density at radius 3 is 1.94 bits per heavy atom. The Labute approximate surface area is 98.1 Å². The van der Waals surface area contributed by atoms with E-state index in [1.807, 2.05) is 0 Å². The molecule has 1 atom stereocenters. The number of hydrogen-bond donors (Lipinski definition) is 0. The lowest BCUT2D eigenvalue weighted by Gasteiger charge is -2.30. The van der Waals surface area contributed by atoms with Gasteiger partial charge in [0.25, 0.3) is 6.36 Å². The molecule has 0 radical (unpaired) electrons. The summed E-state index contributed by atoms with van der Waals surface area (Å²) in [6.07, 6.45) is -3.29.